The van der Waals surface area contributed by atoms with Crippen LogP contribution in [0.15, 0.2) is 18.2 Å². The molecule has 21 heavy (non-hydrogen) atoms. The Balaban J connectivity index is 2.18. The van der Waals surface area contributed by atoms with E-state index >= 15 is 0 Å². The molecule has 2 N–H and O–H groups in total. The first-order chi connectivity index (χ1) is 9.91. The molecule has 1 saturated carbocycles. The van der Waals surface area contributed by atoms with Gasteiger partial charge in [-0.15, -0.1) is 0 Å². The summed E-state index contributed by atoms with van der Waals surface area (Å²) >= 11 is 0. The van der Waals surface area contributed by atoms with Crippen LogP contribution in [0, 0.1) is 15.5 Å². The number of carboxylic acids is 1. The Morgan fingerprint density at radius 1 is 1.38 bits per heavy atom. The molecule has 6 nitrogen and oxygen atoms in total. The van der Waals surface area contributed by atoms with E-state index < -0.39 is 10.9 Å². The summed E-state index contributed by atoms with van der Waals surface area (Å²) < 4.78 is 0. The van der Waals surface area contributed by atoms with Crippen LogP contribution in [0.1, 0.15) is 49.4 Å². The lowest BCUT2D eigenvalue weighted by atomic mass is 9.75. The second-order valence-electron chi connectivity index (χ2n) is 6.02. The van der Waals surface area contributed by atoms with Crippen LogP contribution in [-0.2, 0) is 0 Å². The van der Waals surface area contributed by atoms with Crippen molar-refractivity contribution in [1.29, 1.82) is 0 Å². The number of carbonyl (C=O) groups is 1. The lowest BCUT2D eigenvalue weighted by Gasteiger charge is -2.34. The monoisotopic (exact) mass is 292 g/mol. The Morgan fingerprint density at radius 3 is 2.62 bits per heavy atom. The molecule has 1 aromatic carbocycles. The number of carboxylic acid groups (broad SMARTS) is 1. The van der Waals surface area contributed by atoms with E-state index in [2.05, 4.69) is 12.2 Å². The molecule has 114 valence electrons. The highest BCUT2D eigenvalue weighted by atomic mass is 16.6. The van der Waals surface area contributed by atoms with Gasteiger partial charge in [0, 0.05) is 12.6 Å². The van der Waals surface area contributed by atoms with Crippen LogP contribution in [0.5, 0.6) is 0 Å². The number of rotatable bonds is 5. The maximum absolute atomic E-state index is 11.1. The highest BCUT2D eigenvalue weighted by molar-refractivity contribution is 5.90. The number of aromatic carboxylic acids is 1. The smallest absolute Gasteiger partial charge is 0.335 e. The Kier molecular flexibility index (Phi) is 4.45. The topological polar surface area (TPSA) is 92.5 Å². The molecule has 0 unspecified atom stereocenters. The standard InChI is InChI=1S/C15H20N2O4/c1-15(7-3-2-4-8-15)10-16-12-9-11(14(18)19)5-6-13(12)17(20)21/h5-6,9,16H,2-4,7-8,10H2,1H3,(H,18,19). The first kappa shape index (κ1) is 15.3. The molecular weight excluding hydrogens is 272 g/mol. The number of benzene rings is 1. The van der Waals surface area contributed by atoms with E-state index in [1.54, 1.807) is 0 Å². The number of nitro groups is 1. The van der Waals surface area contributed by atoms with Crippen molar-refractivity contribution in [1.82, 2.24) is 0 Å². The van der Waals surface area contributed by atoms with E-state index in [9.17, 15) is 14.9 Å². The molecule has 1 aliphatic rings. The van der Waals surface area contributed by atoms with Gasteiger partial charge < -0.3 is 10.4 Å². The van der Waals surface area contributed by atoms with Crippen molar-refractivity contribution >= 4 is 17.3 Å². The van der Waals surface area contributed by atoms with Crippen LogP contribution in [0.3, 0.4) is 0 Å². The van der Waals surface area contributed by atoms with Crippen LogP contribution in [0.25, 0.3) is 0 Å². The van der Waals surface area contributed by atoms with Crippen molar-refractivity contribution in [2.24, 2.45) is 5.41 Å². The maximum Gasteiger partial charge on any atom is 0.335 e. The van der Waals surface area contributed by atoms with Gasteiger partial charge in [0.15, 0.2) is 0 Å². The number of nitro benzene ring substituents is 1. The van der Waals surface area contributed by atoms with Gasteiger partial charge in [-0.2, -0.15) is 0 Å². The van der Waals surface area contributed by atoms with Crippen LogP contribution in [0.2, 0.25) is 0 Å². The number of hydrogen-bond acceptors (Lipinski definition) is 4. The summed E-state index contributed by atoms with van der Waals surface area (Å²) in [6.07, 6.45) is 5.77. The molecule has 0 radical (unpaired) electrons. The number of nitrogens with zero attached hydrogens (tertiary/aromatic N) is 1. The molecule has 0 atom stereocenters. The third-order valence-electron chi connectivity index (χ3n) is 4.21. The third kappa shape index (κ3) is 3.71. The van der Waals surface area contributed by atoms with Gasteiger partial charge in [0.2, 0.25) is 0 Å². The van der Waals surface area contributed by atoms with Crippen LogP contribution < -0.4 is 5.32 Å². The average molecular weight is 292 g/mol. The summed E-state index contributed by atoms with van der Waals surface area (Å²) in [5, 5.41) is 23.2. The van der Waals surface area contributed by atoms with Crippen LogP contribution in [0.4, 0.5) is 11.4 Å². The zero-order valence-corrected chi connectivity index (χ0v) is 12.1. The molecule has 6 heteroatoms. The van der Waals surface area contributed by atoms with E-state index in [4.69, 9.17) is 5.11 Å². The van der Waals surface area contributed by atoms with Gasteiger partial charge in [-0.25, -0.2) is 4.79 Å². The average Bonchev–Trinajstić information content (AvgIpc) is 2.45. The van der Waals surface area contributed by atoms with Crippen molar-refractivity contribution in [3.05, 3.63) is 33.9 Å². The lowest BCUT2D eigenvalue weighted by Crippen LogP contribution is -2.29. The fourth-order valence-electron chi connectivity index (χ4n) is 2.86. The largest absolute Gasteiger partial charge is 0.478 e. The van der Waals surface area contributed by atoms with Crippen LogP contribution in [-0.4, -0.2) is 22.5 Å². The Morgan fingerprint density at radius 2 is 2.05 bits per heavy atom. The quantitative estimate of drug-likeness (QED) is 0.638. The zero-order valence-electron chi connectivity index (χ0n) is 12.1. The van der Waals surface area contributed by atoms with Gasteiger partial charge >= 0.3 is 5.97 Å². The van der Waals surface area contributed by atoms with E-state index in [-0.39, 0.29) is 22.4 Å². The van der Waals surface area contributed by atoms with Gasteiger partial charge in [-0.3, -0.25) is 10.1 Å². The summed E-state index contributed by atoms with van der Waals surface area (Å²) in [4.78, 5) is 21.6. The van der Waals surface area contributed by atoms with E-state index in [1.807, 2.05) is 0 Å². The SMILES string of the molecule is CC1(CNc2cc(C(=O)O)ccc2[N+](=O)[O-])CCCCC1. The minimum Gasteiger partial charge on any atom is -0.478 e. The van der Waals surface area contributed by atoms with Gasteiger partial charge in [-0.1, -0.05) is 26.2 Å². The Labute approximate surface area is 123 Å². The molecule has 2 rings (SSSR count). The predicted octanol–water partition coefficient (Wildman–Crippen LogP) is 3.68. The van der Waals surface area contributed by atoms with E-state index in [1.165, 1.54) is 37.5 Å². The molecule has 1 fully saturated rings. The van der Waals surface area contributed by atoms with Gasteiger partial charge in [0.1, 0.15) is 5.69 Å². The summed E-state index contributed by atoms with van der Waals surface area (Å²) in [6.45, 7) is 2.79. The summed E-state index contributed by atoms with van der Waals surface area (Å²) in [5.74, 6) is -1.09. The van der Waals surface area contributed by atoms with Crippen molar-refractivity contribution in [3.63, 3.8) is 0 Å². The summed E-state index contributed by atoms with van der Waals surface area (Å²) in [6, 6.07) is 3.84. The van der Waals surface area contributed by atoms with Gasteiger partial charge in [0.25, 0.3) is 5.69 Å². The second-order valence-corrected chi connectivity index (χ2v) is 6.02. The molecule has 1 aliphatic carbocycles. The van der Waals surface area contributed by atoms with Crippen molar-refractivity contribution < 1.29 is 14.8 Å². The molecular formula is C15H20N2O4. The molecule has 0 heterocycles. The summed E-state index contributed by atoms with van der Waals surface area (Å²) in [5.41, 5.74) is 0.369. The fraction of sp³-hybridized carbons (Fsp3) is 0.533. The number of anilines is 1. The number of nitrogens with one attached hydrogen (secondary N) is 1. The van der Waals surface area contributed by atoms with Crippen molar-refractivity contribution in [2.75, 3.05) is 11.9 Å². The highest BCUT2D eigenvalue weighted by Crippen LogP contribution is 2.36. The highest BCUT2D eigenvalue weighted by Gasteiger charge is 2.27. The minimum atomic E-state index is -1.09. The molecule has 0 aromatic heterocycles. The molecule has 0 bridgehead atoms. The Hall–Kier alpha value is -2.11. The normalized spacial score (nSPS) is 17.2. The molecule has 0 amide bonds. The molecule has 0 saturated heterocycles. The van der Waals surface area contributed by atoms with Gasteiger partial charge in [-0.05, 0) is 30.4 Å². The minimum absolute atomic E-state index is 0.0527. The first-order valence-electron chi connectivity index (χ1n) is 7.17. The van der Waals surface area contributed by atoms with Crippen molar-refractivity contribution in [2.45, 2.75) is 39.0 Å². The second kappa shape index (κ2) is 6.11. The number of hydrogen-bond donors (Lipinski definition) is 2. The zero-order chi connectivity index (χ0) is 15.5. The molecule has 0 aliphatic heterocycles. The van der Waals surface area contributed by atoms with E-state index in [0.717, 1.165) is 12.8 Å². The molecule has 0 spiro atoms. The summed E-state index contributed by atoms with van der Waals surface area (Å²) in [7, 11) is 0. The van der Waals surface area contributed by atoms with Crippen LogP contribution >= 0.6 is 0 Å². The van der Waals surface area contributed by atoms with Crippen molar-refractivity contribution in [3.8, 4) is 0 Å². The maximum atomic E-state index is 11.1. The third-order valence-corrected chi connectivity index (χ3v) is 4.21. The Bertz CT molecular complexity index is 551. The predicted molar refractivity (Wildman–Crippen MR) is 79.7 cm³/mol. The first-order valence-corrected chi connectivity index (χ1v) is 7.17. The molecule has 1 aromatic rings. The fourth-order valence-corrected chi connectivity index (χ4v) is 2.86. The lowest BCUT2D eigenvalue weighted by molar-refractivity contribution is -0.384. The van der Waals surface area contributed by atoms with E-state index in [0.29, 0.717) is 6.54 Å². The van der Waals surface area contributed by atoms with Gasteiger partial charge in [0.05, 0.1) is 10.5 Å².